The lowest BCUT2D eigenvalue weighted by Gasteiger charge is -2.41. The highest BCUT2D eigenvalue weighted by Gasteiger charge is 2.37. The maximum atomic E-state index is 14.2. The van der Waals surface area contributed by atoms with Gasteiger partial charge < -0.3 is 29.9 Å². The number of halogens is 4. The van der Waals surface area contributed by atoms with Crippen LogP contribution < -0.4 is 20.1 Å². The van der Waals surface area contributed by atoms with Gasteiger partial charge in [0.15, 0.2) is 0 Å². The first kappa shape index (κ1) is 32.3. The van der Waals surface area contributed by atoms with E-state index in [4.69, 9.17) is 25.2 Å². The van der Waals surface area contributed by atoms with Crippen molar-refractivity contribution in [1.29, 1.82) is 5.26 Å². The van der Waals surface area contributed by atoms with E-state index in [2.05, 4.69) is 11.0 Å². The number of alkyl halides is 4. The molecule has 0 aliphatic carbocycles. The normalized spacial score (nSPS) is 20.1. The Morgan fingerprint density at radius 1 is 1.19 bits per heavy atom. The van der Waals surface area contributed by atoms with E-state index in [0.717, 1.165) is 31.5 Å². The number of nitrogen functional groups attached to an aromatic ring is 1. The summed E-state index contributed by atoms with van der Waals surface area (Å²) in [6, 6.07) is 6.96. The number of allylic oxidation sites excluding steroid dienone is 1. The lowest BCUT2D eigenvalue weighted by atomic mass is 9.91. The van der Waals surface area contributed by atoms with Gasteiger partial charge in [0, 0.05) is 49.4 Å². The van der Waals surface area contributed by atoms with Crippen LogP contribution in [0.15, 0.2) is 36.4 Å². The summed E-state index contributed by atoms with van der Waals surface area (Å²) in [5.41, 5.74) is 6.51. The Kier molecular flexibility index (Phi) is 9.09. The molecule has 1 amide bonds. The number of carbonyl (C=O) groups excluding carboxylic acids is 1. The molecule has 0 bridgehead atoms. The van der Waals surface area contributed by atoms with E-state index in [9.17, 15) is 27.6 Å². The van der Waals surface area contributed by atoms with Crippen molar-refractivity contribution in [3.8, 4) is 29.0 Å². The summed E-state index contributed by atoms with van der Waals surface area (Å²) in [5.74, 6) is 0.426. The van der Waals surface area contributed by atoms with Gasteiger partial charge in [-0.05, 0) is 67.9 Å². The van der Waals surface area contributed by atoms with E-state index in [1.165, 1.54) is 18.2 Å². The average Bonchev–Trinajstić information content (AvgIpc) is 3.70. The largest absolute Gasteiger partial charge is 0.492 e. The van der Waals surface area contributed by atoms with Gasteiger partial charge in [-0.2, -0.15) is 28.4 Å². The van der Waals surface area contributed by atoms with Gasteiger partial charge in [0.2, 0.25) is 5.91 Å². The Bertz CT molecular complexity index is 1740. The van der Waals surface area contributed by atoms with Crippen LogP contribution in [0.25, 0.3) is 22.0 Å². The molecule has 47 heavy (non-hydrogen) atoms. The number of likely N-dealkylation sites (tertiary alicyclic amines) is 1. The number of ether oxygens (including phenoxy) is 2. The lowest BCUT2D eigenvalue weighted by molar-refractivity contribution is -0.137. The van der Waals surface area contributed by atoms with Crippen LogP contribution in [0.4, 0.5) is 29.1 Å². The molecule has 2 saturated heterocycles. The molecule has 0 saturated carbocycles. The summed E-state index contributed by atoms with van der Waals surface area (Å²) in [7, 11) is 2.02. The first-order valence-electron chi connectivity index (χ1n) is 15.5. The number of hydrogen-bond acceptors (Lipinski definition) is 9. The van der Waals surface area contributed by atoms with Crippen LogP contribution in [0, 0.1) is 11.3 Å². The van der Waals surface area contributed by atoms with Crippen LogP contribution in [0.5, 0.6) is 11.8 Å². The van der Waals surface area contributed by atoms with Gasteiger partial charge in [0.1, 0.15) is 24.8 Å². The highest BCUT2D eigenvalue weighted by molar-refractivity contribution is 6.01. The average molecular weight is 654 g/mol. The number of rotatable bonds is 8. The fourth-order valence-corrected chi connectivity index (χ4v) is 6.71. The van der Waals surface area contributed by atoms with Gasteiger partial charge in [-0.25, -0.2) is 4.39 Å². The molecule has 10 nitrogen and oxygen atoms in total. The van der Waals surface area contributed by atoms with Gasteiger partial charge in [0.05, 0.1) is 41.6 Å². The number of nitrogens with two attached hydrogens (primary N) is 1. The molecule has 2 aromatic carbocycles. The number of likely N-dealkylation sites (N-methyl/N-ethyl adjacent to an activating group) is 1. The summed E-state index contributed by atoms with van der Waals surface area (Å²) in [5, 5.41) is 10.1. The smallest absolute Gasteiger partial charge is 0.417 e. The molecule has 2 fully saturated rings. The molecule has 0 unspecified atom stereocenters. The fourth-order valence-electron chi connectivity index (χ4n) is 6.71. The molecule has 248 valence electrons. The molecule has 3 aromatic rings. The molecule has 3 aliphatic rings. The van der Waals surface area contributed by atoms with E-state index in [1.807, 2.05) is 11.9 Å². The predicted octanol–water partition coefficient (Wildman–Crippen LogP) is 4.76. The number of anilines is 2. The molecular weight excluding hydrogens is 618 g/mol. The lowest BCUT2D eigenvalue weighted by Crippen LogP contribution is -2.55. The van der Waals surface area contributed by atoms with Crippen LogP contribution in [0.3, 0.4) is 0 Å². The maximum absolute atomic E-state index is 14.2. The second kappa shape index (κ2) is 13.2. The monoisotopic (exact) mass is 653 g/mol. The summed E-state index contributed by atoms with van der Waals surface area (Å²) in [6.45, 7) is 1.50. The summed E-state index contributed by atoms with van der Waals surface area (Å²) in [6.07, 6.45) is 0.0335. The van der Waals surface area contributed by atoms with E-state index in [0.29, 0.717) is 53.2 Å². The second-order valence-electron chi connectivity index (χ2n) is 12.0. The third-order valence-corrected chi connectivity index (χ3v) is 9.06. The molecule has 0 spiro atoms. The minimum Gasteiger partial charge on any atom is -0.492 e. The molecule has 1 aromatic heterocycles. The van der Waals surface area contributed by atoms with Crippen LogP contribution in [0.1, 0.15) is 30.4 Å². The molecule has 4 heterocycles. The zero-order valence-corrected chi connectivity index (χ0v) is 25.9. The fraction of sp³-hybridized carbons (Fsp3) is 0.455. The maximum Gasteiger partial charge on any atom is 0.417 e. The van der Waals surface area contributed by atoms with Gasteiger partial charge in [-0.15, -0.1) is 0 Å². The molecule has 14 heteroatoms. The number of benzene rings is 2. The number of amides is 1. The Morgan fingerprint density at radius 2 is 2.02 bits per heavy atom. The van der Waals surface area contributed by atoms with Gasteiger partial charge in [0.25, 0.3) is 0 Å². The molecular formula is C33H35F4N7O3. The molecule has 2 atom stereocenters. The zero-order valence-electron chi connectivity index (χ0n) is 25.9. The molecule has 6 rings (SSSR count). The predicted molar refractivity (Wildman–Crippen MR) is 168 cm³/mol. The van der Waals surface area contributed by atoms with Crippen LogP contribution >= 0.6 is 0 Å². The van der Waals surface area contributed by atoms with Crippen LogP contribution in [0.2, 0.25) is 0 Å². The third kappa shape index (κ3) is 6.49. The second-order valence-corrected chi connectivity index (χ2v) is 12.0. The quantitative estimate of drug-likeness (QED) is 0.208. The molecule has 2 N–H and O–H groups in total. The van der Waals surface area contributed by atoms with Crippen molar-refractivity contribution in [1.82, 2.24) is 19.8 Å². The van der Waals surface area contributed by atoms with E-state index in [-0.39, 0.29) is 49.4 Å². The van der Waals surface area contributed by atoms with Crippen molar-refractivity contribution in [2.45, 2.75) is 43.9 Å². The minimum atomic E-state index is -4.63. The van der Waals surface area contributed by atoms with Crippen molar-refractivity contribution < 1.29 is 31.8 Å². The van der Waals surface area contributed by atoms with Crippen molar-refractivity contribution in [2.24, 2.45) is 0 Å². The topological polar surface area (TPSA) is 121 Å². The Balaban J connectivity index is 1.48. The van der Waals surface area contributed by atoms with Crippen molar-refractivity contribution in [3.63, 3.8) is 0 Å². The van der Waals surface area contributed by atoms with E-state index in [1.54, 1.807) is 11.0 Å². The van der Waals surface area contributed by atoms with Gasteiger partial charge in [-0.1, -0.05) is 0 Å². The van der Waals surface area contributed by atoms with E-state index < -0.39 is 30.4 Å². The Labute approximate surface area is 269 Å². The Morgan fingerprint density at radius 3 is 2.74 bits per heavy atom. The summed E-state index contributed by atoms with van der Waals surface area (Å²) < 4.78 is 67.7. The number of nitriles is 1. The highest BCUT2D eigenvalue weighted by Crippen LogP contribution is 2.47. The van der Waals surface area contributed by atoms with E-state index >= 15 is 0 Å². The third-order valence-electron chi connectivity index (χ3n) is 9.06. The van der Waals surface area contributed by atoms with Gasteiger partial charge >= 0.3 is 12.2 Å². The van der Waals surface area contributed by atoms with Crippen molar-refractivity contribution in [3.05, 3.63) is 47.5 Å². The molecule has 0 radical (unpaired) electrons. The number of nitrogens with zero attached hydrogens (tertiary/aromatic N) is 6. The van der Waals surface area contributed by atoms with Crippen molar-refractivity contribution >= 4 is 28.3 Å². The molecule has 3 aliphatic heterocycles. The van der Waals surface area contributed by atoms with Crippen LogP contribution in [-0.2, 0) is 17.4 Å². The zero-order chi connectivity index (χ0) is 33.3. The van der Waals surface area contributed by atoms with Crippen LogP contribution in [-0.4, -0.2) is 90.9 Å². The first-order valence-corrected chi connectivity index (χ1v) is 15.5. The highest BCUT2D eigenvalue weighted by atomic mass is 19.4. The summed E-state index contributed by atoms with van der Waals surface area (Å²) >= 11 is 0. The minimum absolute atomic E-state index is 0.0283. The number of aromatic nitrogens is 2. The number of piperazine rings is 1. The van der Waals surface area contributed by atoms with Gasteiger partial charge in [-0.3, -0.25) is 4.79 Å². The summed E-state index contributed by atoms with van der Waals surface area (Å²) in [4.78, 5) is 28.0. The Hall–Kier alpha value is -4.64. The number of hydrogen-bond donors (Lipinski definition) is 1. The standard InChI is InChI=1S/C33H35F4N7O3/c1-42-12-3-4-22(42)19-47-32-40-27-17-24(25-16-20(39)6-7-26(25)33(35,36)37)23-9-15-46-30(23)29(27)31(41-32)43-13-14-44(21(18-43)8-11-38)28(45)5-2-10-34/h2,5-7,16-17,21-22H,3-4,8-10,12-15,18-19,39H2,1H3/b5-2+/t21-,22-/m0/s1. The number of carbonyl (C=O) groups is 1. The SMILES string of the molecule is CN1CCC[C@H]1COc1nc(N2CCN(C(=O)/C=C/CF)[C@@H](CC#N)C2)c2c3c(c(-c4cc(N)ccc4C(F)(F)F)cc2n1)CCO3. The first-order chi connectivity index (χ1) is 22.6. The van der Waals surface area contributed by atoms with Crippen molar-refractivity contribution in [2.75, 3.05) is 63.7 Å². The number of fused-ring (bicyclic) bond motifs is 3.